The first-order valence-electron chi connectivity index (χ1n) is 15.2. The Kier molecular flexibility index (Phi) is 10.5. The first-order chi connectivity index (χ1) is 22.2. The van der Waals surface area contributed by atoms with Crippen molar-refractivity contribution in [2.45, 2.75) is 44.2 Å². The van der Waals surface area contributed by atoms with Gasteiger partial charge in [0.15, 0.2) is 5.83 Å². The van der Waals surface area contributed by atoms with E-state index in [4.69, 9.17) is 36.2 Å². The second-order valence-electron chi connectivity index (χ2n) is 11.6. The van der Waals surface area contributed by atoms with E-state index in [-0.39, 0.29) is 19.4 Å². The molecule has 12 heteroatoms. The van der Waals surface area contributed by atoms with Crippen LogP contribution in [0.2, 0.25) is 5.02 Å². The summed E-state index contributed by atoms with van der Waals surface area (Å²) in [5.41, 5.74) is 4.00. The molecule has 240 valence electrons. The zero-order valence-electron chi connectivity index (χ0n) is 25.7. The van der Waals surface area contributed by atoms with E-state index in [1.165, 1.54) is 4.90 Å². The van der Waals surface area contributed by atoms with E-state index in [0.717, 1.165) is 64.8 Å². The molecule has 0 unspecified atom stereocenters. The van der Waals surface area contributed by atoms with Crippen molar-refractivity contribution in [2.24, 2.45) is 0 Å². The molecule has 0 bridgehead atoms. The summed E-state index contributed by atoms with van der Waals surface area (Å²) in [5, 5.41) is 19.2. The number of hydrogen-bond acceptors (Lipinski definition) is 8. The van der Waals surface area contributed by atoms with Gasteiger partial charge < -0.3 is 24.5 Å². The SMILES string of the molecule is C=C(F)C(=O)N1CCN(c2nc(OC[C@@H]3CCCN3C)nc3c2CCC(c2cccc4cccc(Cl)c24)=C3)C[C@@H]1CC#N.O=CO. The Balaban J connectivity index is 0.00000134. The molecule has 2 aliphatic heterocycles. The number of fused-ring (bicyclic) bond motifs is 2. The Morgan fingerprint density at radius 3 is 2.65 bits per heavy atom. The standard InChI is InChI=1S/C33H34ClFN6O2.CH2O2/c1-21(35)32(42)41-17-16-40(19-24(41)13-14-36)31-27-12-11-23(26-9-3-6-22-7-4-10-28(34)30(22)26)18-29(27)37-33(38-31)43-20-25-8-5-15-39(25)2;2-1-3/h3-4,6-7,9-10,18,24-25H,1,5,8,11-13,15-17,19-20H2,2H3;1H,(H,2,3)/t24-,25-;/m0./s1. The Hall–Kier alpha value is -4.53. The van der Waals surface area contributed by atoms with Gasteiger partial charge in [-0.3, -0.25) is 9.59 Å². The molecule has 6 rings (SSSR count). The molecule has 2 aromatic carbocycles. The van der Waals surface area contributed by atoms with Crippen LogP contribution in [0.25, 0.3) is 22.4 Å². The number of hydrogen-bond donors (Lipinski definition) is 1. The number of anilines is 1. The van der Waals surface area contributed by atoms with Crippen molar-refractivity contribution >= 4 is 52.2 Å². The highest BCUT2D eigenvalue weighted by Crippen LogP contribution is 2.39. The van der Waals surface area contributed by atoms with E-state index in [1.54, 1.807) is 0 Å². The molecule has 2 saturated heterocycles. The minimum absolute atomic E-state index is 0.0755. The smallest absolute Gasteiger partial charge is 0.318 e. The molecule has 3 heterocycles. The fourth-order valence-corrected chi connectivity index (χ4v) is 6.82. The number of likely N-dealkylation sites (N-methyl/N-ethyl adjacent to an activating group) is 1. The molecule has 10 nitrogen and oxygen atoms in total. The van der Waals surface area contributed by atoms with E-state index < -0.39 is 17.8 Å². The van der Waals surface area contributed by atoms with Crippen LogP contribution in [0.1, 0.15) is 42.5 Å². The molecule has 1 aromatic heterocycles. The number of carbonyl (C=O) groups is 2. The van der Waals surface area contributed by atoms with Crippen LogP contribution >= 0.6 is 11.6 Å². The van der Waals surface area contributed by atoms with Crippen LogP contribution in [0.4, 0.5) is 10.2 Å². The third-order valence-electron chi connectivity index (χ3n) is 8.83. The lowest BCUT2D eigenvalue weighted by Crippen LogP contribution is -2.55. The average Bonchev–Trinajstić information content (AvgIpc) is 3.47. The molecular formula is C34H36ClFN6O4. The summed E-state index contributed by atoms with van der Waals surface area (Å²) >= 11 is 6.68. The number of carboxylic acid groups (broad SMARTS) is 1. The number of carbonyl (C=O) groups excluding carboxylic acids is 1. The number of benzene rings is 2. The molecule has 1 N–H and O–H groups in total. The molecule has 1 aliphatic carbocycles. The van der Waals surface area contributed by atoms with Gasteiger partial charge in [-0.1, -0.05) is 48.5 Å². The molecule has 0 radical (unpaired) electrons. The zero-order chi connectivity index (χ0) is 32.8. The lowest BCUT2D eigenvalue weighted by atomic mass is 9.88. The maximum atomic E-state index is 13.8. The third-order valence-corrected chi connectivity index (χ3v) is 9.15. The summed E-state index contributed by atoms with van der Waals surface area (Å²) in [4.78, 5) is 36.4. The van der Waals surface area contributed by atoms with Crippen LogP contribution in [0.5, 0.6) is 6.01 Å². The molecule has 2 fully saturated rings. The number of rotatable bonds is 7. The summed E-state index contributed by atoms with van der Waals surface area (Å²) in [5.74, 6) is -1.05. The van der Waals surface area contributed by atoms with Crippen LogP contribution in [-0.4, -0.2) is 89.2 Å². The lowest BCUT2D eigenvalue weighted by molar-refractivity contribution is -0.131. The largest absolute Gasteiger partial charge is 0.483 e. The van der Waals surface area contributed by atoms with Gasteiger partial charge in [0.1, 0.15) is 12.4 Å². The average molecular weight is 647 g/mol. The van der Waals surface area contributed by atoms with Gasteiger partial charge in [0, 0.05) is 41.6 Å². The normalized spacial score (nSPS) is 19.4. The quantitative estimate of drug-likeness (QED) is 0.267. The van der Waals surface area contributed by atoms with Crippen LogP contribution in [0.3, 0.4) is 0 Å². The van der Waals surface area contributed by atoms with Crippen molar-refractivity contribution < 1.29 is 23.8 Å². The van der Waals surface area contributed by atoms with Crippen LogP contribution in [-0.2, 0) is 16.0 Å². The Labute approximate surface area is 272 Å². The number of nitriles is 1. The van der Waals surface area contributed by atoms with Gasteiger partial charge in [-0.15, -0.1) is 0 Å². The molecule has 0 spiro atoms. The van der Waals surface area contributed by atoms with Crippen molar-refractivity contribution in [3.8, 4) is 12.1 Å². The maximum Gasteiger partial charge on any atom is 0.318 e. The van der Waals surface area contributed by atoms with Crippen LogP contribution in [0, 0.1) is 11.3 Å². The molecule has 1 amide bonds. The monoisotopic (exact) mass is 646 g/mol. The Morgan fingerprint density at radius 2 is 1.96 bits per heavy atom. The number of ether oxygens (including phenoxy) is 1. The molecular weight excluding hydrogens is 611 g/mol. The Morgan fingerprint density at radius 1 is 1.20 bits per heavy atom. The number of allylic oxidation sites excluding steroid dienone is 1. The highest BCUT2D eigenvalue weighted by molar-refractivity contribution is 6.36. The maximum absolute atomic E-state index is 13.8. The van der Waals surface area contributed by atoms with Crippen molar-refractivity contribution in [3.63, 3.8) is 0 Å². The number of aromatic nitrogens is 2. The van der Waals surface area contributed by atoms with E-state index >= 15 is 0 Å². The lowest BCUT2D eigenvalue weighted by Gasteiger charge is -2.41. The summed E-state index contributed by atoms with van der Waals surface area (Å²) < 4.78 is 20.0. The molecule has 0 saturated carbocycles. The number of halogens is 2. The summed E-state index contributed by atoms with van der Waals surface area (Å²) in [6.07, 6.45) is 5.85. The van der Waals surface area contributed by atoms with Gasteiger partial charge in [0.25, 0.3) is 12.4 Å². The Bertz CT molecular complexity index is 1700. The minimum Gasteiger partial charge on any atom is -0.483 e. The first-order valence-corrected chi connectivity index (χ1v) is 15.6. The van der Waals surface area contributed by atoms with Crippen molar-refractivity contribution in [1.82, 2.24) is 19.8 Å². The first kappa shape index (κ1) is 32.9. The van der Waals surface area contributed by atoms with Gasteiger partial charge >= 0.3 is 6.01 Å². The molecule has 46 heavy (non-hydrogen) atoms. The van der Waals surface area contributed by atoms with Gasteiger partial charge in [0.2, 0.25) is 0 Å². The van der Waals surface area contributed by atoms with E-state index in [0.29, 0.717) is 43.2 Å². The molecule has 2 atom stereocenters. The van der Waals surface area contributed by atoms with Gasteiger partial charge in [-0.25, -0.2) is 4.39 Å². The highest BCUT2D eigenvalue weighted by Gasteiger charge is 2.34. The van der Waals surface area contributed by atoms with Gasteiger partial charge in [-0.2, -0.15) is 15.2 Å². The van der Waals surface area contributed by atoms with Crippen LogP contribution < -0.4 is 9.64 Å². The van der Waals surface area contributed by atoms with E-state index in [9.17, 15) is 14.4 Å². The molecule has 3 aromatic rings. The van der Waals surface area contributed by atoms with Gasteiger partial charge in [-0.05, 0) is 67.9 Å². The number of likely N-dealkylation sites (tertiary alicyclic amines) is 1. The third kappa shape index (κ3) is 6.98. The summed E-state index contributed by atoms with van der Waals surface area (Å²) in [7, 11) is 2.10. The second-order valence-corrected chi connectivity index (χ2v) is 12.0. The number of amides is 1. The topological polar surface area (TPSA) is 123 Å². The number of nitrogens with zero attached hydrogens (tertiary/aromatic N) is 6. The zero-order valence-corrected chi connectivity index (χ0v) is 26.4. The predicted molar refractivity (Wildman–Crippen MR) is 175 cm³/mol. The van der Waals surface area contributed by atoms with Crippen molar-refractivity contribution in [3.05, 3.63) is 70.6 Å². The van der Waals surface area contributed by atoms with E-state index in [1.807, 2.05) is 18.2 Å². The highest BCUT2D eigenvalue weighted by atomic mass is 35.5. The fourth-order valence-electron chi connectivity index (χ4n) is 6.54. The molecule has 3 aliphatic rings. The van der Waals surface area contributed by atoms with Crippen molar-refractivity contribution in [2.75, 3.05) is 44.7 Å². The number of piperazine rings is 1. The summed E-state index contributed by atoms with van der Waals surface area (Å²) in [6.45, 7) is 5.49. The van der Waals surface area contributed by atoms with E-state index in [2.05, 4.69) is 53.8 Å². The summed E-state index contributed by atoms with van der Waals surface area (Å²) in [6, 6.07) is 14.4. The predicted octanol–water partition coefficient (Wildman–Crippen LogP) is 5.36. The van der Waals surface area contributed by atoms with Crippen LogP contribution in [0.15, 0.2) is 48.8 Å². The minimum atomic E-state index is -1.02. The van der Waals surface area contributed by atoms with Crippen molar-refractivity contribution in [1.29, 1.82) is 5.26 Å². The second kappa shape index (κ2) is 14.7. The fraction of sp³-hybridized carbons (Fsp3) is 0.382. The van der Waals surface area contributed by atoms with Gasteiger partial charge in [0.05, 0.1) is 24.2 Å².